The molecule has 6 aliphatic carbocycles. The molecule has 10 nitrogen and oxygen atoms in total. The van der Waals surface area contributed by atoms with Gasteiger partial charge in [0.25, 0.3) is 0 Å². The van der Waals surface area contributed by atoms with Gasteiger partial charge in [0, 0.05) is 63.8 Å². The van der Waals surface area contributed by atoms with Gasteiger partial charge >= 0.3 is 6.09 Å². The maximum absolute atomic E-state index is 13.5. The molecule has 6 heterocycles. The molecule has 76 heavy (non-hydrogen) atoms. The highest BCUT2D eigenvalue weighted by Gasteiger charge is 2.62. The third-order valence-corrected chi connectivity index (χ3v) is 24.2. The minimum absolute atomic E-state index is 0.0321. The molecule has 13 rings (SSSR count). The summed E-state index contributed by atoms with van der Waals surface area (Å²) in [5.41, 5.74) is 10.8. The minimum Gasteiger partial charge on any atom is -0.445 e. The van der Waals surface area contributed by atoms with E-state index in [1.165, 1.54) is 68.9 Å². The third-order valence-electron chi connectivity index (χ3n) is 24.2. The van der Waals surface area contributed by atoms with Gasteiger partial charge in [-0.3, -0.25) is 9.59 Å². The smallest absolute Gasteiger partial charge is 0.410 e. The molecule has 0 bridgehead atoms. The van der Waals surface area contributed by atoms with Crippen molar-refractivity contribution in [2.45, 2.75) is 213 Å². The molecule has 6 aliphatic heterocycles. The Morgan fingerprint density at radius 3 is 1.78 bits per heavy atom. The molecule has 0 aromatic heterocycles. The van der Waals surface area contributed by atoms with Crippen molar-refractivity contribution in [2.75, 3.05) is 27.2 Å². The first-order valence-corrected chi connectivity index (χ1v) is 30.7. The Hall–Kier alpha value is -3.73. The summed E-state index contributed by atoms with van der Waals surface area (Å²) in [6.45, 7) is 21.4. The first-order chi connectivity index (χ1) is 36.3. The largest absolute Gasteiger partial charge is 0.445 e. The van der Waals surface area contributed by atoms with Crippen LogP contribution in [0.4, 0.5) is 4.79 Å². The number of likely N-dealkylation sites (tertiary alicyclic amines) is 1. The number of rotatable bonds is 2. The van der Waals surface area contributed by atoms with Gasteiger partial charge in [0.15, 0.2) is 0 Å². The summed E-state index contributed by atoms with van der Waals surface area (Å²) in [6, 6.07) is 10.6. The highest BCUT2D eigenvalue weighted by Crippen LogP contribution is 2.66. The monoisotopic (exact) mass is 1040 g/mol. The first kappa shape index (κ1) is 52.9. The van der Waals surface area contributed by atoms with Gasteiger partial charge in [-0.05, 0) is 198 Å². The summed E-state index contributed by atoms with van der Waals surface area (Å²) in [7, 11) is 3.89. The van der Waals surface area contributed by atoms with Crippen LogP contribution in [-0.2, 0) is 30.4 Å². The quantitative estimate of drug-likeness (QED) is 0.295. The van der Waals surface area contributed by atoms with Crippen LogP contribution in [0.2, 0.25) is 0 Å². The molecule has 0 unspecified atom stereocenters. The molecule has 4 saturated heterocycles. The summed E-state index contributed by atoms with van der Waals surface area (Å²) < 4.78 is 20.1. The molecular weight excluding hydrogens is 945 g/mol. The molecule has 0 radical (unpaired) electrons. The average Bonchev–Trinajstić information content (AvgIpc) is 4.03. The molecule has 8 fully saturated rings. The predicted molar refractivity (Wildman–Crippen MR) is 298 cm³/mol. The summed E-state index contributed by atoms with van der Waals surface area (Å²) in [5.74, 6) is 6.61. The number of carbonyl (C=O) groups excluding carboxylic acids is 3. The molecule has 1 N–H and O–H groups in total. The van der Waals surface area contributed by atoms with E-state index in [1.54, 1.807) is 22.3 Å². The predicted octanol–water partition coefficient (Wildman–Crippen LogP) is 12.9. The van der Waals surface area contributed by atoms with Gasteiger partial charge in [-0.2, -0.15) is 0 Å². The zero-order valence-corrected chi connectivity index (χ0v) is 48.3. The Kier molecular flexibility index (Phi) is 13.8. The number of amides is 3. The summed E-state index contributed by atoms with van der Waals surface area (Å²) in [6.07, 6.45) is 24.3. The van der Waals surface area contributed by atoms with Crippen LogP contribution in [0.3, 0.4) is 0 Å². The third kappa shape index (κ3) is 8.75. The molecule has 3 amide bonds. The second-order valence-corrected chi connectivity index (χ2v) is 28.3. The Labute approximate surface area is 456 Å². The fourth-order valence-electron chi connectivity index (χ4n) is 19.8. The number of fused-ring (bicyclic) bond motifs is 12. The summed E-state index contributed by atoms with van der Waals surface area (Å²) in [5, 5.41) is 3.85. The van der Waals surface area contributed by atoms with Crippen LogP contribution in [0.15, 0.2) is 76.2 Å². The van der Waals surface area contributed by atoms with Gasteiger partial charge in [0.05, 0.1) is 29.5 Å². The lowest BCUT2D eigenvalue weighted by Gasteiger charge is -2.46. The van der Waals surface area contributed by atoms with Gasteiger partial charge in [-0.1, -0.05) is 94.2 Å². The molecule has 12 aliphatic rings. The maximum atomic E-state index is 13.5. The lowest BCUT2D eigenvalue weighted by atomic mass is 9.58. The number of hydrogen-bond acceptors (Lipinski definition) is 7. The zero-order chi connectivity index (χ0) is 53.2. The second kappa shape index (κ2) is 19.8. The van der Waals surface area contributed by atoms with Crippen molar-refractivity contribution in [3.8, 4) is 0 Å². The van der Waals surface area contributed by atoms with E-state index in [9.17, 15) is 14.4 Å². The number of nitrogens with one attached hydrogen (secondary N) is 1. The summed E-state index contributed by atoms with van der Waals surface area (Å²) >= 11 is 0. The molecular formula is C66H94N4O6. The fraction of sp³-hybridized carbons (Fsp3) is 0.742. The van der Waals surface area contributed by atoms with Crippen LogP contribution >= 0.6 is 0 Å². The Morgan fingerprint density at radius 1 is 0.684 bits per heavy atom. The molecule has 414 valence electrons. The van der Waals surface area contributed by atoms with E-state index in [0.29, 0.717) is 67.1 Å². The molecule has 18 atom stereocenters. The average molecular weight is 1040 g/mol. The number of nitrogens with zero attached hydrogens (tertiary/aromatic N) is 3. The Balaban J connectivity index is 0.000000159. The van der Waals surface area contributed by atoms with E-state index in [0.717, 1.165) is 81.4 Å². The van der Waals surface area contributed by atoms with Crippen molar-refractivity contribution in [1.29, 1.82) is 0 Å². The molecule has 4 saturated carbocycles. The number of carbonyl (C=O) groups is 3. The van der Waals surface area contributed by atoms with Crippen LogP contribution in [0.5, 0.6) is 0 Å². The van der Waals surface area contributed by atoms with E-state index in [2.05, 4.69) is 73.1 Å². The Bertz CT molecular complexity index is 2590. The van der Waals surface area contributed by atoms with E-state index in [4.69, 9.17) is 14.2 Å². The van der Waals surface area contributed by atoms with Crippen LogP contribution in [0.25, 0.3) is 0 Å². The highest BCUT2D eigenvalue weighted by molar-refractivity contribution is 5.78. The normalized spacial score (nSPS) is 44.6. The van der Waals surface area contributed by atoms with E-state index >= 15 is 0 Å². The minimum atomic E-state index is -0.227. The van der Waals surface area contributed by atoms with Gasteiger partial charge in [0.1, 0.15) is 6.61 Å². The molecule has 2 spiro atoms. The lowest BCUT2D eigenvalue weighted by Crippen LogP contribution is -2.54. The number of allylic oxidation sites excluding steroid dienone is 4. The van der Waals surface area contributed by atoms with Crippen LogP contribution in [0, 0.1) is 70.0 Å². The summed E-state index contributed by atoms with van der Waals surface area (Å²) in [4.78, 5) is 44.4. The molecule has 1 aromatic carbocycles. The zero-order valence-electron chi connectivity index (χ0n) is 48.3. The van der Waals surface area contributed by atoms with Crippen molar-refractivity contribution in [1.82, 2.24) is 20.0 Å². The van der Waals surface area contributed by atoms with Crippen molar-refractivity contribution in [2.24, 2.45) is 70.0 Å². The van der Waals surface area contributed by atoms with Crippen LogP contribution in [0.1, 0.15) is 177 Å². The molecule has 10 heteroatoms. The lowest BCUT2D eigenvalue weighted by molar-refractivity contribution is -0.128. The van der Waals surface area contributed by atoms with Gasteiger partial charge in [0.2, 0.25) is 11.8 Å². The topological polar surface area (TPSA) is 101 Å². The highest BCUT2D eigenvalue weighted by atomic mass is 16.6. The standard InChI is InChI=1S/C37H50N2O4.C29H44N2O2/c1-23-17-32-34(39(20-23)35(41)42-22-26-9-7-6-8-10-26)25(3)37(43-32)16-13-28-29-12-11-27-21-38(5)33(40)14-15-36(27,4)31(29)18-30(28)24(2)19-37;1-17-12-25-27(30-15-17)19(3)29(33-25)11-8-21-22-7-6-20-16-31(5)26(32)9-10-28(20,4)24(22)13-23(21)18(2)14-29/h6-10,21,23,25,28-29,31-32,34H,11-20,22H2,1-5H3;16-17,19,21-22,24-25,27,30H,6-15H2,1-5H3/t23-,25+,28-,29-,31-,32+,34-,36-,37-;17-,19+,21-,22-,24-,25+,27-,28-,29-/m00/s1. The first-order valence-electron chi connectivity index (χ1n) is 30.7. The second-order valence-electron chi connectivity index (χ2n) is 28.3. The SMILES string of the molecule is CC1=C2C[C@H]3[C@@H](CCC4=CN(C)C(=O)CC[C@@]43C)[C@@H]2CC[C@@]2(C1)O[C@@H]1C[C@H](C)CN(C(=O)OCc3ccccc3)[C@H]1[C@H]2C.CC1=C2C[C@H]3[C@@H](CCC4=CN(C)C(=O)CC[C@@]43C)[C@@H]2CC[C@@]2(C1)O[C@@H]1C[C@H](C)CN[C@H]1[C@H]2C. The van der Waals surface area contributed by atoms with Crippen molar-refractivity contribution < 1.29 is 28.6 Å². The number of piperidine rings is 2. The number of hydrogen-bond donors (Lipinski definition) is 1. The van der Waals surface area contributed by atoms with Gasteiger partial charge in [-0.15, -0.1) is 0 Å². The molecule has 1 aromatic rings. The Morgan fingerprint density at radius 2 is 1.21 bits per heavy atom. The van der Waals surface area contributed by atoms with E-state index in [-0.39, 0.29) is 58.0 Å². The van der Waals surface area contributed by atoms with Gasteiger partial charge < -0.3 is 34.2 Å². The van der Waals surface area contributed by atoms with Gasteiger partial charge in [-0.25, -0.2) is 4.79 Å². The van der Waals surface area contributed by atoms with Crippen molar-refractivity contribution in [3.63, 3.8) is 0 Å². The number of benzene rings is 1. The fourth-order valence-corrected chi connectivity index (χ4v) is 19.8. The van der Waals surface area contributed by atoms with E-state index in [1.807, 2.05) is 59.1 Å². The maximum Gasteiger partial charge on any atom is 0.410 e. The van der Waals surface area contributed by atoms with Crippen molar-refractivity contribution >= 4 is 17.9 Å². The number of ether oxygens (including phenoxy) is 3. The van der Waals surface area contributed by atoms with Crippen molar-refractivity contribution in [3.05, 3.63) is 81.7 Å². The van der Waals surface area contributed by atoms with Crippen LogP contribution < -0.4 is 5.32 Å². The van der Waals surface area contributed by atoms with Crippen LogP contribution in [-0.4, -0.2) is 95.3 Å². The van der Waals surface area contributed by atoms with E-state index < -0.39 is 0 Å².